The lowest BCUT2D eigenvalue weighted by molar-refractivity contribution is -0.158. The highest BCUT2D eigenvalue weighted by Crippen LogP contribution is 2.61. The SMILES string of the molecule is CC(=NCC1(C)CC2(C)CC(C)(C)CC(O)(C1)C2)C(=CN)c1ccc(-c2ccc3c(c2)N(C(=O)Nc2nc4ccccc4s2)CCC3)nc1C(=O)O. The van der Waals surface area contributed by atoms with Gasteiger partial charge in [-0.2, -0.15) is 0 Å². The number of urea groups is 1. The van der Waals surface area contributed by atoms with E-state index in [9.17, 15) is 19.8 Å². The standard InChI is InChI=1S/C41H48N6O4S/c1-25(43-24-40(5)21-39(4)19-38(2,3)20-41(51,22-39)23-40)29(18-42)28-14-15-30(44-34(28)35(48)49)27-13-12-26-9-8-16-47(32(26)17-27)37(50)46-36-45-31-10-6-7-11-33(31)52-36/h6-7,10-15,17-18,51H,8-9,16,19-24,42H2,1-5H3,(H,48,49)(H,45,46,50). The van der Waals surface area contributed by atoms with Crippen LogP contribution in [0.15, 0.2) is 65.8 Å². The van der Waals surface area contributed by atoms with Gasteiger partial charge in [0.15, 0.2) is 10.8 Å². The summed E-state index contributed by atoms with van der Waals surface area (Å²) in [6.07, 6.45) is 7.34. The molecule has 2 saturated carbocycles. The van der Waals surface area contributed by atoms with Gasteiger partial charge in [0.1, 0.15) is 0 Å². The van der Waals surface area contributed by atoms with Gasteiger partial charge < -0.3 is 15.9 Å². The Bertz CT molecular complexity index is 2080. The fourth-order valence-electron chi connectivity index (χ4n) is 10.1. The van der Waals surface area contributed by atoms with Gasteiger partial charge >= 0.3 is 12.0 Å². The number of aryl methyl sites for hydroxylation is 1. The van der Waals surface area contributed by atoms with Crippen LogP contribution in [0.5, 0.6) is 0 Å². The van der Waals surface area contributed by atoms with E-state index in [0.29, 0.717) is 52.7 Å². The fourth-order valence-corrected chi connectivity index (χ4v) is 11.0. The highest BCUT2D eigenvalue weighted by Gasteiger charge is 2.56. The summed E-state index contributed by atoms with van der Waals surface area (Å²) >= 11 is 1.43. The van der Waals surface area contributed by atoms with Crippen molar-refractivity contribution < 1.29 is 19.8 Å². The molecule has 5 N–H and O–H groups in total. The van der Waals surface area contributed by atoms with Crippen LogP contribution in [0, 0.1) is 16.2 Å². The maximum Gasteiger partial charge on any atom is 0.355 e. The molecule has 2 aliphatic carbocycles. The third-order valence-electron chi connectivity index (χ3n) is 11.0. The molecular weight excluding hydrogens is 673 g/mol. The molecule has 0 spiro atoms. The van der Waals surface area contributed by atoms with Gasteiger partial charge in [-0.05, 0) is 104 Å². The van der Waals surface area contributed by atoms with Crippen molar-refractivity contribution in [2.24, 2.45) is 27.0 Å². The molecule has 11 heteroatoms. The minimum atomic E-state index is -1.18. The zero-order valence-electron chi connectivity index (χ0n) is 30.6. The van der Waals surface area contributed by atoms with Crippen molar-refractivity contribution in [1.82, 2.24) is 9.97 Å². The predicted molar refractivity (Wildman–Crippen MR) is 209 cm³/mol. The maximum absolute atomic E-state index is 13.5. The Morgan fingerprint density at radius 1 is 1.02 bits per heavy atom. The van der Waals surface area contributed by atoms with Gasteiger partial charge in [0, 0.05) is 47.4 Å². The second kappa shape index (κ2) is 13.1. The molecule has 1 aliphatic heterocycles. The van der Waals surface area contributed by atoms with Gasteiger partial charge in [0.05, 0.1) is 21.5 Å². The molecule has 272 valence electrons. The molecule has 3 atom stereocenters. The molecule has 2 aromatic carbocycles. The number of hydrogen-bond acceptors (Lipinski definition) is 8. The Morgan fingerprint density at radius 2 is 1.81 bits per heavy atom. The van der Waals surface area contributed by atoms with Crippen LogP contribution in [0.3, 0.4) is 0 Å². The lowest BCUT2D eigenvalue weighted by Crippen LogP contribution is -2.55. The summed E-state index contributed by atoms with van der Waals surface area (Å²) < 4.78 is 0.996. The van der Waals surface area contributed by atoms with Crippen LogP contribution in [-0.2, 0) is 6.42 Å². The molecule has 2 aromatic heterocycles. The van der Waals surface area contributed by atoms with Crippen LogP contribution in [0.25, 0.3) is 27.0 Å². The number of pyridine rings is 1. The van der Waals surface area contributed by atoms with Crippen LogP contribution in [-0.4, -0.2) is 56.6 Å². The van der Waals surface area contributed by atoms with Crippen molar-refractivity contribution in [3.05, 3.63) is 77.6 Å². The van der Waals surface area contributed by atoms with Crippen molar-refractivity contribution >= 4 is 55.7 Å². The normalized spacial score (nSPS) is 25.8. The number of carboxylic acid groups (broad SMARTS) is 1. The number of aromatic carboxylic acids is 1. The molecule has 52 heavy (non-hydrogen) atoms. The van der Waals surface area contributed by atoms with Crippen molar-refractivity contribution in [1.29, 1.82) is 0 Å². The topological polar surface area (TPSA) is 154 Å². The van der Waals surface area contributed by atoms with Crippen LogP contribution >= 0.6 is 11.3 Å². The van der Waals surface area contributed by atoms with E-state index in [1.807, 2.05) is 49.4 Å². The number of carbonyl (C=O) groups excluding carboxylic acids is 1. The van der Waals surface area contributed by atoms with E-state index in [-0.39, 0.29) is 28.0 Å². The van der Waals surface area contributed by atoms with Gasteiger partial charge in [0.2, 0.25) is 0 Å². The van der Waals surface area contributed by atoms with Crippen molar-refractivity contribution in [2.75, 3.05) is 23.3 Å². The largest absolute Gasteiger partial charge is 0.476 e. The summed E-state index contributed by atoms with van der Waals surface area (Å²) in [4.78, 5) is 42.1. The molecule has 0 saturated heterocycles. The van der Waals surface area contributed by atoms with Gasteiger partial charge in [-0.25, -0.2) is 19.6 Å². The van der Waals surface area contributed by atoms with E-state index in [1.165, 1.54) is 17.5 Å². The number of hydrogen-bond donors (Lipinski definition) is 4. The summed E-state index contributed by atoms with van der Waals surface area (Å²) in [5, 5.41) is 25.5. The summed E-state index contributed by atoms with van der Waals surface area (Å²) in [5.41, 5.74) is 10.5. The van der Waals surface area contributed by atoms with Gasteiger partial charge in [-0.1, -0.05) is 63.3 Å². The highest BCUT2D eigenvalue weighted by atomic mass is 32.1. The Kier molecular flexibility index (Phi) is 9.02. The second-order valence-electron chi connectivity index (χ2n) is 16.8. The minimum absolute atomic E-state index is 0.0314. The minimum Gasteiger partial charge on any atom is -0.476 e. The zero-order chi connectivity index (χ0) is 37.1. The number of allylic oxidation sites excluding steroid dienone is 1. The van der Waals surface area contributed by atoms with Gasteiger partial charge in [-0.3, -0.25) is 15.2 Å². The number of aliphatic hydroxyl groups is 1. The van der Waals surface area contributed by atoms with E-state index in [4.69, 9.17) is 10.7 Å². The average molecular weight is 721 g/mol. The number of aliphatic imine (C=N–C) groups is 1. The molecule has 2 bridgehead atoms. The zero-order valence-corrected chi connectivity index (χ0v) is 31.4. The number of nitrogens with zero attached hydrogens (tertiary/aromatic N) is 4. The van der Waals surface area contributed by atoms with Gasteiger partial charge in [0.25, 0.3) is 0 Å². The molecule has 2 fully saturated rings. The number of nitrogens with two attached hydrogens (primary N) is 1. The molecule has 2 amide bonds. The third kappa shape index (κ3) is 7.08. The molecule has 7 rings (SSSR count). The first-order chi connectivity index (χ1) is 24.6. The number of rotatable bonds is 7. The van der Waals surface area contributed by atoms with Crippen LogP contribution < -0.4 is 16.0 Å². The summed E-state index contributed by atoms with van der Waals surface area (Å²) in [6, 6.07) is 16.8. The fraction of sp³-hybridized carbons (Fsp3) is 0.439. The van der Waals surface area contributed by atoms with E-state index in [2.05, 4.69) is 43.0 Å². The highest BCUT2D eigenvalue weighted by molar-refractivity contribution is 7.22. The first-order valence-electron chi connectivity index (χ1n) is 18.1. The second-order valence-corrected chi connectivity index (χ2v) is 17.8. The molecule has 3 aliphatic rings. The number of carboxylic acids is 1. The maximum atomic E-state index is 13.5. The quantitative estimate of drug-likeness (QED) is 0.140. The number of para-hydroxylation sites is 1. The van der Waals surface area contributed by atoms with E-state index < -0.39 is 11.6 Å². The van der Waals surface area contributed by atoms with E-state index in [0.717, 1.165) is 60.0 Å². The lowest BCUT2D eigenvalue weighted by atomic mass is 9.48. The molecule has 4 aromatic rings. The monoisotopic (exact) mass is 720 g/mol. The molecule has 3 heterocycles. The number of aromatic nitrogens is 2. The Labute approximate surface area is 308 Å². The van der Waals surface area contributed by atoms with Crippen molar-refractivity contribution in [3.8, 4) is 11.3 Å². The van der Waals surface area contributed by atoms with Crippen LogP contribution in [0.2, 0.25) is 0 Å². The first-order valence-corrected chi connectivity index (χ1v) is 18.9. The number of carbonyl (C=O) groups is 2. The Balaban J connectivity index is 1.13. The smallest absolute Gasteiger partial charge is 0.355 e. The number of fused-ring (bicyclic) bond motifs is 4. The molecule has 10 nitrogen and oxygen atoms in total. The molecule has 3 unspecified atom stereocenters. The number of benzene rings is 2. The van der Waals surface area contributed by atoms with E-state index >= 15 is 0 Å². The van der Waals surface area contributed by atoms with Gasteiger partial charge in [-0.15, -0.1) is 0 Å². The summed E-state index contributed by atoms with van der Waals surface area (Å²) in [5.74, 6) is -1.18. The summed E-state index contributed by atoms with van der Waals surface area (Å²) in [7, 11) is 0. The lowest BCUT2D eigenvalue weighted by Gasteiger charge is -2.59. The van der Waals surface area contributed by atoms with E-state index in [1.54, 1.807) is 17.0 Å². The molecule has 0 radical (unpaired) electrons. The van der Waals surface area contributed by atoms with Crippen molar-refractivity contribution in [3.63, 3.8) is 0 Å². The molecular formula is C41H48N6O4S. The van der Waals surface area contributed by atoms with Crippen LogP contribution in [0.1, 0.15) is 94.8 Å². The Hall–Kier alpha value is -4.61. The van der Waals surface area contributed by atoms with Crippen LogP contribution in [0.4, 0.5) is 15.6 Å². The predicted octanol–water partition coefficient (Wildman–Crippen LogP) is 8.55. The third-order valence-corrected chi connectivity index (χ3v) is 11.9. The Morgan fingerprint density at radius 3 is 2.54 bits per heavy atom. The van der Waals surface area contributed by atoms with Crippen molar-refractivity contribution in [2.45, 2.75) is 85.2 Å². The number of anilines is 2. The average Bonchev–Trinajstić information content (AvgIpc) is 3.47. The number of amides is 2. The summed E-state index contributed by atoms with van der Waals surface area (Å²) in [6.45, 7) is 11.9. The number of thiazole rings is 1. The first kappa shape index (κ1) is 35.8. The number of nitrogens with one attached hydrogen (secondary N) is 1.